The van der Waals surface area contributed by atoms with Crippen molar-refractivity contribution in [3.63, 3.8) is 0 Å². The van der Waals surface area contributed by atoms with Crippen LogP contribution in [0.15, 0.2) is 12.2 Å². The van der Waals surface area contributed by atoms with Gasteiger partial charge >= 0.3 is 11.9 Å². The second-order valence-electron chi connectivity index (χ2n) is 7.09. The van der Waals surface area contributed by atoms with Gasteiger partial charge in [0.05, 0.1) is 12.8 Å². The molecule has 0 atom stereocenters. The maximum Gasteiger partial charge on any atom is 0.303 e. The third kappa shape index (κ3) is 31.9. The summed E-state index contributed by atoms with van der Waals surface area (Å²) in [7, 11) is 0. The minimum atomic E-state index is -1.08. The molecule has 0 rings (SSSR count). The maximum atomic E-state index is 10.5. The monoisotopic (exact) mass is 399 g/mol. The highest BCUT2D eigenvalue weighted by Crippen LogP contribution is 2.09. The van der Waals surface area contributed by atoms with Crippen LogP contribution >= 0.6 is 0 Å². The van der Waals surface area contributed by atoms with Crippen molar-refractivity contribution < 1.29 is 24.6 Å². The van der Waals surface area contributed by atoms with E-state index in [0.29, 0.717) is 6.42 Å². The number of allylic oxidation sites excluding steroid dienone is 2. The first-order chi connectivity index (χ1) is 13.4. The minimum absolute atomic E-state index is 0.164. The summed E-state index contributed by atoms with van der Waals surface area (Å²) >= 11 is 0. The lowest BCUT2D eigenvalue weighted by molar-refractivity contribution is -0.143. The molecule has 0 aliphatic rings. The Hall–Kier alpha value is -1.85. The van der Waals surface area contributed by atoms with Gasteiger partial charge in [-0.05, 0) is 32.1 Å². The van der Waals surface area contributed by atoms with Gasteiger partial charge < -0.3 is 15.9 Å². The quantitative estimate of drug-likeness (QED) is 0.209. The molecule has 0 aliphatic heterocycles. The van der Waals surface area contributed by atoms with E-state index in [1.165, 1.54) is 70.6 Å². The van der Waals surface area contributed by atoms with E-state index in [4.69, 9.17) is 15.9 Å². The summed E-state index contributed by atoms with van der Waals surface area (Å²) < 4.78 is 0. The Morgan fingerprint density at radius 3 is 1.43 bits per heavy atom. The Labute approximate surface area is 170 Å². The zero-order valence-corrected chi connectivity index (χ0v) is 17.7. The van der Waals surface area contributed by atoms with Crippen LogP contribution in [0, 0.1) is 0 Å². The topological polar surface area (TPSA) is 118 Å². The number of carboxylic acid groups (broad SMARTS) is 2. The number of carbonyl (C=O) groups is 3. The van der Waals surface area contributed by atoms with Crippen molar-refractivity contribution in [2.45, 2.75) is 110 Å². The van der Waals surface area contributed by atoms with Crippen LogP contribution in [0.1, 0.15) is 110 Å². The fourth-order valence-corrected chi connectivity index (χ4v) is 2.58. The number of amides is 1. The highest BCUT2D eigenvalue weighted by molar-refractivity contribution is 5.75. The highest BCUT2D eigenvalue weighted by atomic mass is 16.4. The molecular formula is C22H41NO5. The number of hydrogen-bond acceptors (Lipinski definition) is 3. The van der Waals surface area contributed by atoms with Crippen LogP contribution in [0.3, 0.4) is 0 Å². The van der Waals surface area contributed by atoms with E-state index in [2.05, 4.69) is 19.1 Å². The molecule has 0 aromatic rings. The van der Waals surface area contributed by atoms with E-state index < -0.39 is 11.9 Å². The van der Waals surface area contributed by atoms with Crippen molar-refractivity contribution in [2.75, 3.05) is 0 Å². The summed E-state index contributed by atoms with van der Waals surface area (Å²) in [6, 6.07) is 0. The van der Waals surface area contributed by atoms with Crippen LogP contribution in [0.2, 0.25) is 0 Å². The summed E-state index contributed by atoms with van der Waals surface area (Å²) in [6.45, 7) is 2.26. The van der Waals surface area contributed by atoms with E-state index in [1.807, 2.05) is 0 Å². The largest absolute Gasteiger partial charge is 0.481 e. The van der Waals surface area contributed by atoms with Crippen molar-refractivity contribution in [3.05, 3.63) is 12.2 Å². The molecule has 0 aliphatic carbocycles. The number of aliphatic carboxylic acids is 2. The molecule has 6 heteroatoms. The molecule has 0 aromatic carbocycles. The van der Waals surface area contributed by atoms with E-state index in [9.17, 15) is 14.4 Å². The Morgan fingerprint density at radius 2 is 1.04 bits per heavy atom. The van der Waals surface area contributed by atoms with E-state index >= 15 is 0 Å². The fourth-order valence-electron chi connectivity index (χ4n) is 2.58. The lowest BCUT2D eigenvalue weighted by Crippen LogP contribution is -2.09. The maximum absolute atomic E-state index is 10.5. The first kappa shape index (κ1) is 28.4. The van der Waals surface area contributed by atoms with Gasteiger partial charge in [0.25, 0.3) is 0 Å². The normalized spacial score (nSPS) is 10.5. The number of nitrogens with two attached hydrogens (primary N) is 1. The molecule has 0 fully saturated rings. The SMILES string of the molecule is CCCCCCCC/C=C\CCCCCCCC(N)=O.O=C(O)CCC(=O)O. The smallest absolute Gasteiger partial charge is 0.303 e. The number of rotatable bonds is 18. The number of primary amides is 1. The summed E-state index contributed by atoms with van der Waals surface area (Å²) in [5.74, 6) is -2.32. The average Bonchev–Trinajstić information content (AvgIpc) is 2.63. The molecule has 0 spiro atoms. The van der Waals surface area contributed by atoms with Crippen molar-refractivity contribution in [1.29, 1.82) is 0 Å². The Morgan fingerprint density at radius 1 is 0.643 bits per heavy atom. The van der Waals surface area contributed by atoms with E-state index in [1.54, 1.807) is 0 Å². The fraction of sp³-hybridized carbons (Fsp3) is 0.773. The summed E-state index contributed by atoms with van der Waals surface area (Å²) in [6.07, 6.45) is 21.3. The molecule has 164 valence electrons. The van der Waals surface area contributed by atoms with Crippen molar-refractivity contribution in [3.8, 4) is 0 Å². The van der Waals surface area contributed by atoms with Gasteiger partial charge in [-0.3, -0.25) is 14.4 Å². The first-order valence-electron chi connectivity index (χ1n) is 10.8. The summed E-state index contributed by atoms with van der Waals surface area (Å²) in [4.78, 5) is 29.8. The predicted molar refractivity (Wildman–Crippen MR) is 113 cm³/mol. The molecule has 0 unspecified atom stereocenters. The summed E-state index contributed by atoms with van der Waals surface area (Å²) in [5, 5.41) is 15.8. The van der Waals surface area contributed by atoms with Crippen LogP contribution in [0.4, 0.5) is 0 Å². The molecule has 0 heterocycles. The van der Waals surface area contributed by atoms with Crippen LogP contribution in [-0.2, 0) is 14.4 Å². The minimum Gasteiger partial charge on any atom is -0.481 e. The van der Waals surface area contributed by atoms with Gasteiger partial charge in [-0.1, -0.05) is 70.4 Å². The Kier molecular flexibility index (Phi) is 23.5. The molecule has 4 N–H and O–H groups in total. The van der Waals surface area contributed by atoms with Crippen LogP contribution < -0.4 is 5.73 Å². The number of carbonyl (C=O) groups excluding carboxylic acids is 1. The number of carboxylic acids is 2. The summed E-state index contributed by atoms with van der Waals surface area (Å²) in [5.41, 5.74) is 5.10. The molecule has 6 nitrogen and oxygen atoms in total. The molecule has 0 bridgehead atoms. The van der Waals surface area contributed by atoms with E-state index in [0.717, 1.165) is 12.8 Å². The van der Waals surface area contributed by atoms with Gasteiger partial charge in [-0.15, -0.1) is 0 Å². The molecule has 0 saturated carbocycles. The third-order valence-corrected chi connectivity index (χ3v) is 4.24. The molecule has 0 radical (unpaired) electrons. The van der Waals surface area contributed by atoms with E-state index in [-0.39, 0.29) is 18.7 Å². The van der Waals surface area contributed by atoms with Crippen LogP contribution in [0.25, 0.3) is 0 Å². The van der Waals surface area contributed by atoms with Crippen molar-refractivity contribution in [2.24, 2.45) is 5.73 Å². The second kappa shape index (κ2) is 23.2. The molecule has 0 saturated heterocycles. The van der Waals surface area contributed by atoms with Crippen molar-refractivity contribution >= 4 is 17.8 Å². The van der Waals surface area contributed by atoms with Crippen molar-refractivity contribution in [1.82, 2.24) is 0 Å². The predicted octanol–water partition coefficient (Wildman–Crippen LogP) is 5.45. The number of unbranched alkanes of at least 4 members (excludes halogenated alkanes) is 11. The first-order valence-corrected chi connectivity index (χ1v) is 10.8. The lowest BCUT2D eigenvalue weighted by Gasteiger charge is -1.99. The standard InChI is InChI=1S/C18H35NO.C4H6O4/c1-2-3-4-5-6-7-8-9-10-11-12-13-14-15-16-17-18(19)20;5-3(6)1-2-4(7)8/h9-10H,2-8,11-17H2,1H3,(H2,19,20);1-2H2,(H,5,6)(H,7,8)/b10-9-;. The van der Waals surface area contributed by atoms with Gasteiger partial charge in [0, 0.05) is 6.42 Å². The highest BCUT2D eigenvalue weighted by Gasteiger charge is 2.00. The van der Waals surface area contributed by atoms with Gasteiger partial charge in [-0.25, -0.2) is 0 Å². The molecule has 28 heavy (non-hydrogen) atoms. The van der Waals surface area contributed by atoms with Gasteiger partial charge in [-0.2, -0.15) is 0 Å². The Balaban J connectivity index is 0. The van der Waals surface area contributed by atoms with Gasteiger partial charge in [0.15, 0.2) is 0 Å². The van der Waals surface area contributed by atoms with Crippen LogP contribution in [0.5, 0.6) is 0 Å². The van der Waals surface area contributed by atoms with Crippen LogP contribution in [-0.4, -0.2) is 28.1 Å². The molecule has 1 amide bonds. The van der Waals surface area contributed by atoms with Gasteiger partial charge in [0.1, 0.15) is 0 Å². The molecular weight excluding hydrogens is 358 g/mol. The zero-order chi connectivity index (χ0) is 21.5. The Bertz CT molecular complexity index is 407. The van der Waals surface area contributed by atoms with Gasteiger partial charge in [0.2, 0.25) is 5.91 Å². The number of hydrogen-bond donors (Lipinski definition) is 3. The lowest BCUT2D eigenvalue weighted by atomic mass is 10.1. The zero-order valence-electron chi connectivity index (χ0n) is 17.7. The molecule has 0 aromatic heterocycles. The second-order valence-corrected chi connectivity index (χ2v) is 7.09. The average molecular weight is 400 g/mol. The third-order valence-electron chi connectivity index (χ3n) is 4.24.